The Morgan fingerprint density at radius 2 is 1.88 bits per heavy atom. The van der Waals surface area contributed by atoms with Crippen molar-refractivity contribution >= 4 is 5.97 Å². The molecular weight excluding hydrogens is 202 g/mol. The van der Waals surface area contributed by atoms with Crippen LogP contribution in [0.25, 0.3) is 0 Å². The Bertz CT molecular complexity index is 341. The van der Waals surface area contributed by atoms with Gasteiger partial charge in [0, 0.05) is 13.1 Å². The van der Waals surface area contributed by atoms with E-state index < -0.39 is 0 Å². The quantitative estimate of drug-likeness (QED) is 0.610. The molecule has 0 atom stereocenters. The molecule has 0 spiro atoms. The van der Waals surface area contributed by atoms with Crippen molar-refractivity contribution in [1.82, 2.24) is 5.32 Å². The van der Waals surface area contributed by atoms with Gasteiger partial charge < -0.3 is 10.1 Å². The van der Waals surface area contributed by atoms with Crippen molar-refractivity contribution in [3.63, 3.8) is 0 Å². The third-order valence-electron chi connectivity index (χ3n) is 2.34. The van der Waals surface area contributed by atoms with Crippen LogP contribution in [0.3, 0.4) is 0 Å². The van der Waals surface area contributed by atoms with E-state index in [1.807, 2.05) is 0 Å². The molecule has 1 rings (SSSR count). The predicted octanol–water partition coefficient (Wildman–Crippen LogP) is 1.96. The smallest absolute Gasteiger partial charge is 0.306 e. The predicted molar refractivity (Wildman–Crippen MR) is 64.3 cm³/mol. The van der Waals surface area contributed by atoms with Gasteiger partial charge in [0.15, 0.2) is 0 Å². The molecule has 3 heteroatoms. The Kier molecular flexibility index (Phi) is 4.99. The summed E-state index contributed by atoms with van der Waals surface area (Å²) in [6.45, 7) is 5.62. The Balaban J connectivity index is 2.34. The second-order valence-corrected chi connectivity index (χ2v) is 4.00. The van der Waals surface area contributed by atoms with Crippen LogP contribution in [0.2, 0.25) is 0 Å². The number of carbonyl (C=O) groups is 1. The highest BCUT2D eigenvalue weighted by atomic mass is 16.5. The fourth-order valence-electron chi connectivity index (χ4n) is 1.70. The summed E-state index contributed by atoms with van der Waals surface area (Å²) < 4.78 is 4.56. The van der Waals surface area contributed by atoms with E-state index in [0.29, 0.717) is 13.0 Å². The average molecular weight is 221 g/mol. The number of hydrogen-bond donors (Lipinski definition) is 1. The molecule has 1 aromatic rings. The Hall–Kier alpha value is -1.35. The minimum Gasteiger partial charge on any atom is -0.469 e. The number of carbonyl (C=O) groups excluding carboxylic acids is 1. The van der Waals surface area contributed by atoms with E-state index in [9.17, 15) is 4.79 Å². The lowest BCUT2D eigenvalue weighted by atomic mass is 10.1. The maximum absolute atomic E-state index is 10.9. The Labute approximate surface area is 96.8 Å². The van der Waals surface area contributed by atoms with Crippen LogP contribution in [0.5, 0.6) is 0 Å². The average Bonchev–Trinajstić information content (AvgIpc) is 2.22. The number of hydrogen-bond acceptors (Lipinski definition) is 3. The number of rotatable bonds is 5. The fourth-order valence-corrected chi connectivity index (χ4v) is 1.70. The van der Waals surface area contributed by atoms with E-state index in [-0.39, 0.29) is 5.97 Å². The minimum atomic E-state index is -0.173. The van der Waals surface area contributed by atoms with E-state index in [2.05, 4.69) is 42.1 Å². The van der Waals surface area contributed by atoms with Gasteiger partial charge in [-0.25, -0.2) is 0 Å². The van der Waals surface area contributed by atoms with E-state index in [4.69, 9.17) is 0 Å². The van der Waals surface area contributed by atoms with Crippen molar-refractivity contribution < 1.29 is 9.53 Å². The van der Waals surface area contributed by atoms with Gasteiger partial charge in [0.05, 0.1) is 13.5 Å². The van der Waals surface area contributed by atoms with Crippen LogP contribution >= 0.6 is 0 Å². The van der Waals surface area contributed by atoms with E-state index in [0.717, 1.165) is 6.54 Å². The fraction of sp³-hybridized carbons (Fsp3) is 0.462. The van der Waals surface area contributed by atoms with Gasteiger partial charge >= 0.3 is 5.97 Å². The largest absolute Gasteiger partial charge is 0.469 e. The van der Waals surface area contributed by atoms with Crippen molar-refractivity contribution in [1.29, 1.82) is 0 Å². The first-order valence-corrected chi connectivity index (χ1v) is 5.46. The van der Waals surface area contributed by atoms with Gasteiger partial charge in [0.25, 0.3) is 0 Å². The first-order chi connectivity index (χ1) is 7.61. The normalized spacial score (nSPS) is 10.2. The molecule has 0 fully saturated rings. The summed E-state index contributed by atoms with van der Waals surface area (Å²) in [5, 5.41) is 3.22. The third kappa shape index (κ3) is 4.45. The van der Waals surface area contributed by atoms with Crippen molar-refractivity contribution in [2.24, 2.45) is 0 Å². The standard InChI is InChI=1S/C13H19NO2/c1-10-6-11(2)8-12(7-10)9-14-5-4-13(15)16-3/h6-8,14H,4-5,9H2,1-3H3. The molecular formula is C13H19NO2. The summed E-state index contributed by atoms with van der Waals surface area (Å²) in [4.78, 5) is 10.9. The summed E-state index contributed by atoms with van der Waals surface area (Å²) >= 11 is 0. The molecule has 0 aliphatic rings. The van der Waals surface area contributed by atoms with Gasteiger partial charge in [-0.3, -0.25) is 4.79 Å². The molecule has 3 nitrogen and oxygen atoms in total. The second-order valence-electron chi connectivity index (χ2n) is 4.00. The molecule has 16 heavy (non-hydrogen) atoms. The molecule has 1 N–H and O–H groups in total. The highest BCUT2D eigenvalue weighted by Crippen LogP contribution is 2.08. The molecule has 0 aliphatic carbocycles. The van der Waals surface area contributed by atoms with E-state index in [1.54, 1.807) is 0 Å². The SMILES string of the molecule is COC(=O)CCNCc1cc(C)cc(C)c1. The number of aryl methyl sites for hydroxylation is 2. The molecule has 0 aromatic heterocycles. The first kappa shape index (κ1) is 12.7. The molecule has 0 heterocycles. The number of methoxy groups -OCH3 is 1. The number of ether oxygens (including phenoxy) is 1. The lowest BCUT2D eigenvalue weighted by molar-refractivity contribution is -0.140. The lowest BCUT2D eigenvalue weighted by Gasteiger charge is -2.06. The molecule has 0 saturated carbocycles. The van der Waals surface area contributed by atoms with Crippen molar-refractivity contribution in [3.8, 4) is 0 Å². The summed E-state index contributed by atoms with van der Waals surface area (Å²) in [6.07, 6.45) is 0.418. The van der Waals surface area contributed by atoms with Crippen LogP contribution in [0.15, 0.2) is 18.2 Å². The Morgan fingerprint density at radius 3 is 2.44 bits per heavy atom. The first-order valence-electron chi connectivity index (χ1n) is 5.46. The van der Waals surface area contributed by atoms with Crippen LogP contribution in [0.4, 0.5) is 0 Å². The molecule has 0 amide bonds. The van der Waals surface area contributed by atoms with Gasteiger partial charge in [-0.1, -0.05) is 29.3 Å². The lowest BCUT2D eigenvalue weighted by Crippen LogP contribution is -2.18. The van der Waals surface area contributed by atoms with Gasteiger partial charge in [-0.15, -0.1) is 0 Å². The van der Waals surface area contributed by atoms with E-state index in [1.165, 1.54) is 23.8 Å². The van der Waals surface area contributed by atoms with Gasteiger partial charge in [0.2, 0.25) is 0 Å². The summed E-state index contributed by atoms with van der Waals surface area (Å²) in [6, 6.07) is 6.45. The molecule has 0 radical (unpaired) electrons. The number of esters is 1. The van der Waals surface area contributed by atoms with Crippen LogP contribution in [-0.4, -0.2) is 19.6 Å². The topological polar surface area (TPSA) is 38.3 Å². The minimum absolute atomic E-state index is 0.173. The number of nitrogens with one attached hydrogen (secondary N) is 1. The van der Waals surface area contributed by atoms with Gasteiger partial charge in [-0.05, 0) is 19.4 Å². The van der Waals surface area contributed by atoms with Crippen molar-refractivity contribution in [2.75, 3.05) is 13.7 Å². The van der Waals surface area contributed by atoms with Crippen molar-refractivity contribution in [2.45, 2.75) is 26.8 Å². The zero-order valence-electron chi connectivity index (χ0n) is 10.2. The molecule has 0 bridgehead atoms. The zero-order valence-corrected chi connectivity index (χ0v) is 10.2. The summed E-state index contributed by atoms with van der Waals surface area (Å²) in [5.74, 6) is -0.173. The van der Waals surface area contributed by atoms with Gasteiger partial charge in [-0.2, -0.15) is 0 Å². The molecule has 1 aromatic carbocycles. The van der Waals surface area contributed by atoms with Crippen LogP contribution in [0.1, 0.15) is 23.1 Å². The van der Waals surface area contributed by atoms with Gasteiger partial charge in [0.1, 0.15) is 0 Å². The number of benzene rings is 1. The monoisotopic (exact) mass is 221 g/mol. The van der Waals surface area contributed by atoms with E-state index >= 15 is 0 Å². The molecule has 0 unspecified atom stereocenters. The summed E-state index contributed by atoms with van der Waals surface area (Å²) in [5.41, 5.74) is 3.79. The van der Waals surface area contributed by atoms with Crippen LogP contribution < -0.4 is 5.32 Å². The maximum Gasteiger partial charge on any atom is 0.306 e. The highest BCUT2D eigenvalue weighted by molar-refractivity contribution is 5.69. The zero-order chi connectivity index (χ0) is 12.0. The van der Waals surface area contributed by atoms with Crippen LogP contribution in [-0.2, 0) is 16.1 Å². The Morgan fingerprint density at radius 1 is 1.25 bits per heavy atom. The maximum atomic E-state index is 10.9. The van der Waals surface area contributed by atoms with Crippen LogP contribution in [0, 0.1) is 13.8 Å². The second kappa shape index (κ2) is 6.28. The highest BCUT2D eigenvalue weighted by Gasteiger charge is 1.99. The summed E-state index contributed by atoms with van der Waals surface area (Å²) in [7, 11) is 1.41. The molecule has 0 aliphatic heterocycles. The third-order valence-corrected chi connectivity index (χ3v) is 2.34. The molecule has 0 saturated heterocycles. The van der Waals surface area contributed by atoms with Crippen molar-refractivity contribution in [3.05, 3.63) is 34.9 Å². The molecule has 88 valence electrons.